The van der Waals surface area contributed by atoms with Gasteiger partial charge in [-0.25, -0.2) is 0 Å². The van der Waals surface area contributed by atoms with Crippen LogP contribution in [0.25, 0.3) is 0 Å². The first-order chi connectivity index (χ1) is 12.0. The molecule has 0 unspecified atom stereocenters. The number of amides is 2. The van der Waals surface area contributed by atoms with Crippen molar-refractivity contribution in [1.82, 2.24) is 9.80 Å². The van der Waals surface area contributed by atoms with Crippen LogP contribution in [0.5, 0.6) is 0 Å². The van der Waals surface area contributed by atoms with Crippen molar-refractivity contribution in [2.75, 3.05) is 32.0 Å². The van der Waals surface area contributed by atoms with Crippen molar-refractivity contribution in [3.05, 3.63) is 29.3 Å². The fourth-order valence-corrected chi connectivity index (χ4v) is 3.59. The minimum atomic E-state index is -0.177. The van der Waals surface area contributed by atoms with Gasteiger partial charge < -0.3 is 10.2 Å². The first-order valence-electron chi connectivity index (χ1n) is 9.03. The molecule has 1 aromatic carbocycles. The van der Waals surface area contributed by atoms with Crippen LogP contribution in [-0.4, -0.2) is 54.3 Å². The number of hydrogen-bond donors (Lipinski definition) is 1. The Morgan fingerprint density at radius 1 is 1.16 bits per heavy atom. The molecule has 0 spiro atoms. The van der Waals surface area contributed by atoms with Gasteiger partial charge in [-0.1, -0.05) is 43.0 Å². The van der Waals surface area contributed by atoms with Gasteiger partial charge in [0.2, 0.25) is 11.8 Å². The van der Waals surface area contributed by atoms with Gasteiger partial charge in [0.05, 0.1) is 23.8 Å². The van der Waals surface area contributed by atoms with Gasteiger partial charge in [0.15, 0.2) is 0 Å². The standard InChI is InChI=1S/C19H28ClN3O2/c1-3-23(15-9-5-4-6-10-15)19(25)14-22(2)13-18(24)21-17-12-8-7-11-16(17)20/h7-8,11-12,15H,3-6,9-10,13-14H2,1-2H3,(H,21,24). The van der Waals surface area contributed by atoms with Gasteiger partial charge in [-0.05, 0) is 38.9 Å². The highest BCUT2D eigenvalue weighted by atomic mass is 35.5. The fourth-order valence-electron chi connectivity index (χ4n) is 3.41. The van der Waals surface area contributed by atoms with Crippen LogP contribution in [0.4, 0.5) is 5.69 Å². The summed E-state index contributed by atoms with van der Waals surface area (Å²) >= 11 is 6.05. The molecule has 1 aromatic rings. The summed E-state index contributed by atoms with van der Waals surface area (Å²) in [6.45, 7) is 3.15. The third kappa shape index (κ3) is 6.01. The Bertz CT molecular complexity index is 588. The summed E-state index contributed by atoms with van der Waals surface area (Å²) in [7, 11) is 1.79. The molecule has 25 heavy (non-hydrogen) atoms. The maximum absolute atomic E-state index is 12.6. The summed E-state index contributed by atoms with van der Waals surface area (Å²) in [5, 5.41) is 3.29. The average Bonchev–Trinajstić information content (AvgIpc) is 2.58. The molecule has 0 radical (unpaired) electrons. The number of rotatable bonds is 7. The number of anilines is 1. The molecule has 0 aliphatic heterocycles. The lowest BCUT2D eigenvalue weighted by Gasteiger charge is -2.34. The lowest BCUT2D eigenvalue weighted by molar-refractivity contribution is -0.135. The monoisotopic (exact) mass is 365 g/mol. The molecule has 6 heteroatoms. The Kier molecular flexibility index (Phi) is 7.72. The molecule has 1 aliphatic rings. The van der Waals surface area contributed by atoms with Crippen molar-refractivity contribution in [2.24, 2.45) is 0 Å². The Labute approximate surface area is 155 Å². The van der Waals surface area contributed by atoms with Gasteiger partial charge >= 0.3 is 0 Å². The predicted octanol–water partition coefficient (Wildman–Crippen LogP) is 3.39. The number of halogens is 1. The van der Waals surface area contributed by atoms with E-state index >= 15 is 0 Å². The smallest absolute Gasteiger partial charge is 0.238 e. The van der Waals surface area contributed by atoms with E-state index in [0.29, 0.717) is 16.8 Å². The van der Waals surface area contributed by atoms with Gasteiger partial charge in [0, 0.05) is 12.6 Å². The summed E-state index contributed by atoms with van der Waals surface area (Å²) < 4.78 is 0. The molecular formula is C19H28ClN3O2. The van der Waals surface area contributed by atoms with Gasteiger partial charge in [-0.2, -0.15) is 0 Å². The van der Waals surface area contributed by atoms with Crippen LogP contribution in [-0.2, 0) is 9.59 Å². The van der Waals surface area contributed by atoms with E-state index in [4.69, 9.17) is 11.6 Å². The van der Waals surface area contributed by atoms with Crippen LogP contribution in [0.15, 0.2) is 24.3 Å². The van der Waals surface area contributed by atoms with Gasteiger partial charge in [-0.3, -0.25) is 14.5 Å². The molecule has 1 fully saturated rings. The van der Waals surface area contributed by atoms with Crippen molar-refractivity contribution in [1.29, 1.82) is 0 Å². The predicted molar refractivity (Wildman–Crippen MR) is 102 cm³/mol. The van der Waals surface area contributed by atoms with E-state index < -0.39 is 0 Å². The number of para-hydroxylation sites is 1. The molecule has 2 amide bonds. The Morgan fingerprint density at radius 2 is 1.84 bits per heavy atom. The highest BCUT2D eigenvalue weighted by molar-refractivity contribution is 6.33. The number of carbonyl (C=O) groups is 2. The molecule has 138 valence electrons. The molecule has 1 saturated carbocycles. The van der Waals surface area contributed by atoms with E-state index in [9.17, 15) is 9.59 Å². The Hall–Kier alpha value is -1.59. The molecular weight excluding hydrogens is 338 g/mol. The number of likely N-dealkylation sites (N-methyl/N-ethyl adjacent to an activating group) is 2. The number of nitrogens with zero attached hydrogens (tertiary/aromatic N) is 2. The second-order valence-electron chi connectivity index (χ2n) is 6.67. The number of benzene rings is 1. The van der Waals surface area contributed by atoms with E-state index in [1.807, 2.05) is 24.0 Å². The third-order valence-corrected chi connectivity index (χ3v) is 4.97. The molecule has 0 aromatic heterocycles. The van der Waals surface area contributed by atoms with E-state index in [2.05, 4.69) is 5.32 Å². The molecule has 0 bridgehead atoms. The summed E-state index contributed by atoms with van der Waals surface area (Å²) in [5.74, 6) is -0.0773. The highest BCUT2D eigenvalue weighted by Crippen LogP contribution is 2.23. The van der Waals surface area contributed by atoms with E-state index in [1.54, 1.807) is 24.1 Å². The summed E-state index contributed by atoms with van der Waals surface area (Å²) in [6.07, 6.45) is 5.85. The second kappa shape index (κ2) is 9.78. The molecule has 0 saturated heterocycles. The van der Waals surface area contributed by atoms with Crippen molar-refractivity contribution < 1.29 is 9.59 Å². The van der Waals surface area contributed by atoms with Crippen LogP contribution in [0.1, 0.15) is 39.0 Å². The zero-order valence-electron chi connectivity index (χ0n) is 15.1. The van der Waals surface area contributed by atoms with Gasteiger partial charge in [0.1, 0.15) is 0 Å². The first kappa shape index (κ1) is 19.7. The second-order valence-corrected chi connectivity index (χ2v) is 7.08. The minimum absolute atomic E-state index is 0.0995. The number of nitrogens with one attached hydrogen (secondary N) is 1. The van der Waals surface area contributed by atoms with Gasteiger partial charge in [0.25, 0.3) is 0 Å². The van der Waals surface area contributed by atoms with Crippen molar-refractivity contribution in [3.63, 3.8) is 0 Å². The first-order valence-corrected chi connectivity index (χ1v) is 9.41. The quantitative estimate of drug-likeness (QED) is 0.805. The molecule has 0 atom stereocenters. The molecule has 0 heterocycles. The zero-order chi connectivity index (χ0) is 18.2. The zero-order valence-corrected chi connectivity index (χ0v) is 15.9. The number of carbonyl (C=O) groups excluding carboxylic acids is 2. The van der Waals surface area contributed by atoms with Crippen LogP contribution >= 0.6 is 11.6 Å². The maximum atomic E-state index is 12.6. The lowest BCUT2D eigenvalue weighted by Crippen LogP contribution is -2.46. The fraction of sp³-hybridized carbons (Fsp3) is 0.579. The average molecular weight is 366 g/mol. The lowest BCUT2D eigenvalue weighted by atomic mass is 9.94. The molecule has 5 nitrogen and oxygen atoms in total. The summed E-state index contributed by atoms with van der Waals surface area (Å²) in [5.41, 5.74) is 0.589. The summed E-state index contributed by atoms with van der Waals surface area (Å²) in [6, 6.07) is 7.48. The Morgan fingerprint density at radius 3 is 2.48 bits per heavy atom. The molecule has 1 N–H and O–H groups in total. The minimum Gasteiger partial charge on any atom is -0.339 e. The highest BCUT2D eigenvalue weighted by Gasteiger charge is 2.25. The summed E-state index contributed by atoms with van der Waals surface area (Å²) in [4.78, 5) is 28.5. The van der Waals surface area contributed by atoms with Gasteiger partial charge in [-0.15, -0.1) is 0 Å². The van der Waals surface area contributed by atoms with Crippen LogP contribution < -0.4 is 5.32 Å². The SMILES string of the molecule is CCN(C(=O)CN(C)CC(=O)Nc1ccccc1Cl)C1CCCCC1. The van der Waals surface area contributed by atoms with Crippen molar-refractivity contribution in [2.45, 2.75) is 45.1 Å². The third-order valence-electron chi connectivity index (χ3n) is 4.64. The van der Waals surface area contributed by atoms with E-state index in [-0.39, 0.29) is 24.9 Å². The maximum Gasteiger partial charge on any atom is 0.238 e. The Balaban J connectivity index is 1.83. The normalized spacial score (nSPS) is 15.2. The molecule has 1 aliphatic carbocycles. The largest absolute Gasteiger partial charge is 0.339 e. The topological polar surface area (TPSA) is 52.7 Å². The van der Waals surface area contributed by atoms with E-state index in [0.717, 1.165) is 19.4 Å². The van der Waals surface area contributed by atoms with E-state index in [1.165, 1.54) is 19.3 Å². The number of hydrogen-bond acceptors (Lipinski definition) is 3. The van der Waals surface area contributed by atoms with Crippen LogP contribution in [0.3, 0.4) is 0 Å². The van der Waals surface area contributed by atoms with Crippen molar-refractivity contribution >= 4 is 29.1 Å². The van der Waals surface area contributed by atoms with Crippen LogP contribution in [0.2, 0.25) is 5.02 Å². The molecule has 2 rings (SSSR count). The van der Waals surface area contributed by atoms with Crippen molar-refractivity contribution in [3.8, 4) is 0 Å². The van der Waals surface area contributed by atoms with Crippen LogP contribution in [0, 0.1) is 0 Å².